The summed E-state index contributed by atoms with van der Waals surface area (Å²) in [6, 6.07) is 11.4. The van der Waals surface area contributed by atoms with Gasteiger partial charge in [-0.1, -0.05) is 29.8 Å². The van der Waals surface area contributed by atoms with Crippen molar-refractivity contribution >= 4 is 34.3 Å². The summed E-state index contributed by atoms with van der Waals surface area (Å²) in [6.07, 6.45) is 3.84. The highest BCUT2D eigenvalue weighted by Crippen LogP contribution is 2.37. The van der Waals surface area contributed by atoms with Gasteiger partial charge in [-0.2, -0.15) is 0 Å². The van der Waals surface area contributed by atoms with Crippen molar-refractivity contribution in [1.29, 1.82) is 0 Å². The number of carbonyl (C=O) groups excluding carboxylic acids is 2. The van der Waals surface area contributed by atoms with Gasteiger partial charge in [0.1, 0.15) is 24.1 Å². The fraction of sp³-hybridized carbons (Fsp3) is 0.222. The van der Waals surface area contributed by atoms with Gasteiger partial charge < -0.3 is 20.5 Å². The van der Waals surface area contributed by atoms with Crippen molar-refractivity contribution in [2.24, 2.45) is 5.73 Å². The van der Waals surface area contributed by atoms with Crippen LogP contribution in [0.5, 0.6) is 11.5 Å². The molecule has 0 aliphatic carbocycles. The Morgan fingerprint density at radius 1 is 1.08 bits per heavy atom. The second kappa shape index (κ2) is 11.8. The van der Waals surface area contributed by atoms with E-state index in [1.54, 1.807) is 30.6 Å². The standard InChI is InChI=1S/C27H26ClN5O6/c1-38-21-13-22(39-2)19(28)12-18(21)24(25(29)35)33-20-8-4-3-7-17(20)26(36)32(27(33)37)15-23(34)31-11-9-16-6-5-10-30-14-16/h3-8,10,12-14,24H,9,11,15H2,1-2H3,(H2,29,35)(H,31,34). The molecule has 0 spiro atoms. The monoisotopic (exact) mass is 551 g/mol. The molecule has 2 aromatic heterocycles. The van der Waals surface area contributed by atoms with E-state index >= 15 is 0 Å². The highest BCUT2D eigenvalue weighted by Gasteiger charge is 2.30. The van der Waals surface area contributed by atoms with E-state index in [-0.39, 0.29) is 39.5 Å². The molecule has 2 amide bonds. The lowest BCUT2D eigenvalue weighted by Crippen LogP contribution is -2.47. The number of methoxy groups -OCH3 is 2. The van der Waals surface area contributed by atoms with Crippen molar-refractivity contribution in [1.82, 2.24) is 19.4 Å². The molecular weight excluding hydrogens is 526 g/mol. The number of hydrogen-bond acceptors (Lipinski definition) is 7. The third kappa shape index (κ3) is 5.63. The molecule has 1 unspecified atom stereocenters. The lowest BCUT2D eigenvalue weighted by atomic mass is 10.0. The Morgan fingerprint density at radius 2 is 1.82 bits per heavy atom. The number of nitrogens with two attached hydrogens (primary N) is 1. The Labute approximate surface area is 227 Å². The number of rotatable bonds is 10. The maximum atomic E-state index is 13.8. The maximum absolute atomic E-state index is 13.8. The number of ether oxygens (including phenoxy) is 2. The molecule has 0 saturated heterocycles. The average Bonchev–Trinajstić information content (AvgIpc) is 2.93. The van der Waals surface area contributed by atoms with Gasteiger partial charge in [0.2, 0.25) is 11.8 Å². The molecule has 39 heavy (non-hydrogen) atoms. The molecule has 4 aromatic rings. The lowest BCUT2D eigenvalue weighted by Gasteiger charge is -2.23. The topological polar surface area (TPSA) is 148 Å². The van der Waals surface area contributed by atoms with Crippen molar-refractivity contribution < 1.29 is 19.1 Å². The van der Waals surface area contributed by atoms with Crippen molar-refractivity contribution in [2.45, 2.75) is 19.0 Å². The van der Waals surface area contributed by atoms with E-state index in [1.165, 1.54) is 38.5 Å². The molecule has 0 bridgehead atoms. The smallest absolute Gasteiger partial charge is 0.332 e. The molecule has 202 valence electrons. The van der Waals surface area contributed by atoms with Crippen LogP contribution in [0, 0.1) is 0 Å². The molecule has 4 rings (SSSR count). The summed E-state index contributed by atoms with van der Waals surface area (Å²) in [6.45, 7) is -0.298. The number of nitrogens with zero attached hydrogens (tertiary/aromatic N) is 3. The van der Waals surface area contributed by atoms with Crippen LogP contribution in [-0.4, -0.2) is 46.7 Å². The predicted molar refractivity (Wildman–Crippen MR) is 145 cm³/mol. The number of carbonyl (C=O) groups is 2. The first-order chi connectivity index (χ1) is 18.8. The summed E-state index contributed by atoms with van der Waals surface area (Å²) >= 11 is 6.34. The third-order valence-electron chi connectivity index (χ3n) is 6.16. The largest absolute Gasteiger partial charge is 0.496 e. The number of pyridine rings is 1. The lowest BCUT2D eigenvalue weighted by molar-refractivity contribution is -0.121. The van der Waals surface area contributed by atoms with Crippen LogP contribution in [-0.2, 0) is 22.6 Å². The highest BCUT2D eigenvalue weighted by molar-refractivity contribution is 6.32. The SMILES string of the molecule is COc1cc(OC)c(C(C(N)=O)n2c(=O)n(CC(=O)NCCc3cccnc3)c(=O)c3ccccc32)cc1Cl. The number of amides is 2. The van der Waals surface area contributed by atoms with Gasteiger partial charge in [-0.05, 0) is 36.2 Å². The highest BCUT2D eigenvalue weighted by atomic mass is 35.5. The first-order valence-electron chi connectivity index (χ1n) is 11.9. The van der Waals surface area contributed by atoms with Crippen molar-refractivity contribution in [3.63, 3.8) is 0 Å². The zero-order chi connectivity index (χ0) is 28.1. The number of fused-ring (bicyclic) bond motifs is 1. The Morgan fingerprint density at radius 3 is 2.49 bits per heavy atom. The number of nitrogens with one attached hydrogen (secondary N) is 1. The van der Waals surface area contributed by atoms with Crippen molar-refractivity contribution in [2.75, 3.05) is 20.8 Å². The quantitative estimate of drug-likeness (QED) is 0.304. The van der Waals surface area contributed by atoms with Gasteiger partial charge in [0.25, 0.3) is 5.56 Å². The van der Waals surface area contributed by atoms with E-state index in [2.05, 4.69) is 10.3 Å². The van der Waals surface area contributed by atoms with E-state index < -0.39 is 35.6 Å². The van der Waals surface area contributed by atoms with Crippen molar-refractivity contribution in [3.8, 4) is 11.5 Å². The van der Waals surface area contributed by atoms with E-state index in [9.17, 15) is 19.2 Å². The summed E-state index contributed by atoms with van der Waals surface area (Å²) < 4.78 is 12.5. The summed E-state index contributed by atoms with van der Waals surface area (Å²) in [7, 11) is 2.80. The number of primary amides is 1. The molecule has 0 aliphatic rings. The molecule has 0 saturated carbocycles. The second-order valence-corrected chi connectivity index (χ2v) is 8.96. The summed E-state index contributed by atoms with van der Waals surface area (Å²) in [4.78, 5) is 56.8. The Balaban J connectivity index is 1.80. The molecule has 0 radical (unpaired) electrons. The van der Waals surface area contributed by atoms with E-state index in [1.807, 2.05) is 6.07 Å². The molecule has 0 aliphatic heterocycles. The van der Waals surface area contributed by atoms with Gasteiger partial charge in [-0.15, -0.1) is 0 Å². The molecule has 3 N–H and O–H groups in total. The maximum Gasteiger partial charge on any atom is 0.332 e. The fourth-order valence-corrected chi connectivity index (χ4v) is 4.58. The van der Waals surface area contributed by atoms with Crippen LogP contribution in [0.1, 0.15) is 17.2 Å². The van der Waals surface area contributed by atoms with E-state index in [0.717, 1.165) is 14.7 Å². The Kier molecular flexibility index (Phi) is 8.30. The number of para-hydroxylation sites is 1. The van der Waals surface area contributed by atoms with Crippen LogP contribution in [0.4, 0.5) is 0 Å². The number of halogens is 1. The molecule has 1 atom stereocenters. The van der Waals surface area contributed by atoms with E-state index in [4.69, 9.17) is 26.8 Å². The molecule has 12 heteroatoms. The number of hydrogen-bond donors (Lipinski definition) is 2. The first-order valence-corrected chi connectivity index (χ1v) is 12.2. The van der Waals surface area contributed by atoms with E-state index in [0.29, 0.717) is 6.42 Å². The van der Waals surface area contributed by atoms with Crippen molar-refractivity contribution in [3.05, 3.63) is 97.9 Å². The predicted octanol–water partition coefficient (Wildman–Crippen LogP) is 1.66. The van der Waals surface area contributed by atoms with Gasteiger partial charge in [0.15, 0.2) is 0 Å². The minimum absolute atomic E-state index is 0.116. The summed E-state index contributed by atoms with van der Waals surface area (Å²) in [5.41, 5.74) is 5.47. The normalized spacial score (nSPS) is 11.7. The Bertz CT molecular complexity index is 1650. The third-order valence-corrected chi connectivity index (χ3v) is 6.46. The van der Waals surface area contributed by atoms with Gasteiger partial charge in [0, 0.05) is 30.6 Å². The van der Waals surface area contributed by atoms with Gasteiger partial charge in [-0.25, -0.2) is 4.79 Å². The van der Waals surface area contributed by atoms with Crippen LogP contribution in [0.15, 0.2) is 70.5 Å². The van der Waals surface area contributed by atoms with Crippen LogP contribution in [0.25, 0.3) is 10.9 Å². The second-order valence-electron chi connectivity index (χ2n) is 8.56. The first kappa shape index (κ1) is 27.4. The zero-order valence-electron chi connectivity index (χ0n) is 21.2. The molecule has 2 aromatic carbocycles. The van der Waals surface area contributed by atoms with Gasteiger partial charge >= 0.3 is 5.69 Å². The summed E-state index contributed by atoms with van der Waals surface area (Å²) in [5.74, 6) is -0.999. The minimum Gasteiger partial charge on any atom is -0.496 e. The van der Waals surface area contributed by atoms with Crippen LogP contribution in [0.3, 0.4) is 0 Å². The molecule has 2 heterocycles. The minimum atomic E-state index is -1.43. The fourth-order valence-electron chi connectivity index (χ4n) is 4.33. The molecule has 11 nitrogen and oxygen atoms in total. The van der Waals surface area contributed by atoms with Gasteiger partial charge in [0.05, 0.1) is 30.1 Å². The molecular formula is C27H26ClN5O6. The summed E-state index contributed by atoms with van der Waals surface area (Å²) in [5, 5.41) is 2.97. The molecule has 0 fully saturated rings. The zero-order valence-corrected chi connectivity index (χ0v) is 22.0. The van der Waals surface area contributed by atoms with Crippen LogP contribution < -0.4 is 31.8 Å². The Hall–Kier alpha value is -4.64. The average molecular weight is 552 g/mol. The number of aromatic nitrogens is 3. The van der Waals surface area contributed by atoms with Crippen LogP contribution in [0.2, 0.25) is 5.02 Å². The van der Waals surface area contributed by atoms with Gasteiger partial charge in [-0.3, -0.25) is 28.5 Å². The van der Waals surface area contributed by atoms with Crippen LogP contribution >= 0.6 is 11.6 Å². The number of benzene rings is 2.